The molecule has 2 fully saturated rings. The van der Waals surface area contributed by atoms with Gasteiger partial charge in [0.1, 0.15) is 11.6 Å². The molecular formula is C18H22N4O. The van der Waals surface area contributed by atoms with E-state index in [0.717, 1.165) is 42.5 Å². The maximum Gasteiger partial charge on any atom is 0.134 e. The Morgan fingerprint density at radius 3 is 2.91 bits per heavy atom. The number of anilines is 1. The van der Waals surface area contributed by atoms with Gasteiger partial charge < -0.3 is 9.64 Å². The zero-order valence-electron chi connectivity index (χ0n) is 13.5. The standard InChI is InChI=1S/C18H22N4O/c1-13-10-17(21-18(20-13)14-5-6-14)22-9-7-16(11-22)23-12-15-4-2-3-8-19-15/h2-4,8,10,14,16H,5-7,9,11-12H2,1H3. The van der Waals surface area contributed by atoms with E-state index in [9.17, 15) is 0 Å². The second-order valence-corrected chi connectivity index (χ2v) is 6.49. The van der Waals surface area contributed by atoms with E-state index in [1.165, 1.54) is 12.8 Å². The van der Waals surface area contributed by atoms with E-state index in [1.54, 1.807) is 0 Å². The van der Waals surface area contributed by atoms with E-state index >= 15 is 0 Å². The van der Waals surface area contributed by atoms with Crippen LogP contribution in [-0.4, -0.2) is 34.1 Å². The lowest BCUT2D eigenvalue weighted by Crippen LogP contribution is -2.24. The minimum absolute atomic E-state index is 0.247. The Balaban J connectivity index is 1.38. The Morgan fingerprint density at radius 1 is 1.22 bits per heavy atom. The van der Waals surface area contributed by atoms with Gasteiger partial charge in [-0.15, -0.1) is 0 Å². The van der Waals surface area contributed by atoms with Gasteiger partial charge >= 0.3 is 0 Å². The number of rotatable bonds is 5. The van der Waals surface area contributed by atoms with Crippen LogP contribution in [0, 0.1) is 6.92 Å². The maximum absolute atomic E-state index is 6.01. The lowest BCUT2D eigenvalue weighted by Gasteiger charge is -2.18. The quantitative estimate of drug-likeness (QED) is 0.850. The Hall–Kier alpha value is -2.01. The van der Waals surface area contributed by atoms with Crippen LogP contribution in [0.4, 0.5) is 5.82 Å². The van der Waals surface area contributed by atoms with Crippen molar-refractivity contribution in [3.8, 4) is 0 Å². The van der Waals surface area contributed by atoms with Crippen molar-refractivity contribution >= 4 is 5.82 Å². The van der Waals surface area contributed by atoms with Crippen molar-refractivity contribution in [3.63, 3.8) is 0 Å². The van der Waals surface area contributed by atoms with Crippen molar-refractivity contribution in [3.05, 3.63) is 47.7 Å². The highest BCUT2D eigenvalue weighted by Crippen LogP contribution is 2.38. The first kappa shape index (κ1) is 14.6. The summed E-state index contributed by atoms with van der Waals surface area (Å²) in [5.74, 6) is 2.67. The van der Waals surface area contributed by atoms with Crippen LogP contribution in [0.15, 0.2) is 30.5 Å². The maximum atomic E-state index is 6.01. The molecule has 2 aliphatic rings. The van der Waals surface area contributed by atoms with E-state index in [2.05, 4.69) is 27.9 Å². The highest BCUT2D eigenvalue weighted by Gasteiger charge is 2.29. The molecule has 3 heterocycles. The van der Waals surface area contributed by atoms with Crippen molar-refractivity contribution in [2.24, 2.45) is 0 Å². The van der Waals surface area contributed by atoms with Gasteiger partial charge in [0.25, 0.3) is 0 Å². The van der Waals surface area contributed by atoms with Crippen LogP contribution < -0.4 is 4.90 Å². The summed E-state index contributed by atoms with van der Waals surface area (Å²) in [6.07, 6.45) is 5.56. The van der Waals surface area contributed by atoms with E-state index in [-0.39, 0.29) is 6.10 Å². The van der Waals surface area contributed by atoms with E-state index < -0.39 is 0 Å². The zero-order valence-corrected chi connectivity index (χ0v) is 13.5. The lowest BCUT2D eigenvalue weighted by molar-refractivity contribution is 0.0533. The zero-order chi connectivity index (χ0) is 15.6. The number of aryl methyl sites for hydroxylation is 1. The summed E-state index contributed by atoms with van der Waals surface area (Å²) in [5.41, 5.74) is 2.05. The summed E-state index contributed by atoms with van der Waals surface area (Å²) in [6, 6.07) is 8.01. The molecule has 1 unspecified atom stereocenters. The molecule has 0 amide bonds. The van der Waals surface area contributed by atoms with Crippen LogP contribution in [0.2, 0.25) is 0 Å². The largest absolute Gasteiger partial charge is 0.370 e. The third-order valence-electron chi connectivity index (χ3n) is 4.46. The summed E-state index contributed by atoms with van der Waals surface area (Å²) in [5, 5.41) is 0. The van der Waals surface area contributed by atoms with Crippen molar-refractivity contribution in [1.29, 1.82) is 0 Å². The van der Waals surface area contributed by atoms with Gasteiger partial charge in [-0.3, -0.25) is 4.98 Å². The van der Waals surface area contributed by atoms with Crippen LogP contribution in [0.5, 0.6) is 0 Å². The van der Waals surface area contributed by atoms with Crippen LogP contribution in [0.3, 0.4) is 0 Å². The fourth-order valence-electron chi connectivity index (χ4n) is 3.02. The number of aromatic nitrogens is 3. The molecule has 2 aromatic rings. The van der Waals surface area contributed by atoms with Gasteiger partial charge in [0, 0.05) is 37.0 Å². The average Bonchev–Trinajstić information content (AvgIpc) is 3.32. The molecule has 4 rings (SSSR count). The van der Waals surface area contributed by atoms with Crippen LogP contribution in [0.25, 0.3) is 0 Å². The van der Waals surface area contributed by atoms with Crippen molar-refractivity contribution in [2.45, 2.75) is 44.8 Å². The molecule has 5 nitrogen and oxygen atoms in total. The van der Waals surface area contributed by atoms with Gasteiger partial charge in [-0.2, -0.15) is 0 Å². The molecule has 0 aromatic carbocycles. The van der Waals surface area contributed by atoms with E-state index in [4.69, 9.17) is 9.72 Å². The van der Waals surface area contributed by atoms with E-state index in [1.807, 2.05) is 24.4 Å². The first-order valence-electron chi connectivity index (χ1n) is 8.40. The first-order valence-corrected chi connectivity index (χ1v) is 8.40. The molecule has 0 bridgehead atoms. The van der Waals surface area contributed by atoms with Gasteiger partial charge in [0.05, 0.1) is 18.4 Å². The van der Waals surface area contributed by atoms with Crippen LogP contribution >= 0.6 is 0 Å². The molecular weight excluding hydrogens is 288 g/mol. The molecule has 0 radical (unpaired) electrons. The molecule has 5 heteroatoms. The Morgan fingerprint density at radius 2 is 2.13 bits per heavy atom. The second kappa shape index (κ2) is 6.24. The summed E-state index contributed by atoms with van der Waals surface area (Å²) < 4.78 is 6.01. The molecule has 23 heavy (non-hydrogen) atoms. The SMILES string of the molecule is Cc1cc(N2CCC(OCc3ccccn3)C2)nc(C2CC2)n1. The normalized spacial score (nSPS) is 20.9. The van der Waals surface area contributed by atoms with Gasteiger partial charge in [0.2, 0.25) is 0 Å². The molecule has 1 saturated heterocycles. The molecule has 1 saturated carbocycles. The minimum atomic E-state index is 0.247. The lowest BCUT2D eigenvalue weighted by atomic mass is 10.3. The molecule has 0 N–H and O–H groups in total. The fraction of sp³-hybridized carbons (Fsp3) is 0.500. The van der Waals surface area contributed by atoms with Crippen LogP contribution in [-0.2, 0) is 11.3 Å². The smallest absolute Gasteiger partial charge is 0.134 e. The second-order valence-electron chi connectivity index (χ2n) is 6.49. The van der Waals surface area contributed by atoms with Crippen molar-refractivity contribution in [2.75, 3.05) is 18.0 Å². The molecule has 1 aliphatic carbocycles. The Kier molecular flexibility index (Phi) is 3.95. The van der Waals surface area contributed by atoms with Gasteiger partial charge in [0.15, 0.2) is 0 Å². The number of hydrogen-bond acceptors (Lipinski definition) is 5. The summed E-state index contributed by atoms with van der Waals surface area (Å²) in [4.78, 5) is 16.0. The number of pyridine rings is 1. The Labute approximate surface area is 136 Å². The third-order valence-corrected chi connectivity index (χ3v) is 4.46. The minimum Gasteiger partial charge on any atom is -0.370 e. The Bertz CT molecular complexity index is 672. The fourth-order valence-corrected chi connectivity index (χ4v) is 3.02. The molecule has 1 atom stereocenters. The van der Waals surface area contributed by atoms with E-state index in [0.29, 0.717) is 12.5 Å². The molecule has 0 spiro atoms. The van der Waals surface area contributed by atoms with Gasteiger partial charge in [-0.1, -0.05) is 6.07 Å². The molecule has 120 valence electrons. The topological polar surface area (TPSA) is 51.1 Å². The predicted octanol–water partition coefficient (Wildman–Crippen LogP) is 2.85. The van der Waals surface area contributed by atoms with Gasteiger partial charge in [-0.05, 0) is 38.3 Å². The van der Waals surface area contributed by atoms with Gasteiger partial charge in [-0.25, -0.2) is 9.97 Å². The average molecular weight is 310 g/mol. The highest BCUT2D eigenvalue weighted by molar-refractivity contribution is 5.41. The summed E-state index contributed by atoms with van der Waals surface area (Å²) in [7, 11) is 0. The molecule has 2 aromatic heterocycles. The number of ether oxygens (including phenoxy) is 1. The summed E-state index contributed by atoms with van der Waals surface area (Å²) in [6.45, 7) is 4.53. The van der Waals surface area contributed by atoms with Crippen LogP contribution in [0.1, 0.15) is 42.4 Å². The predicted molar refractivity (Wildman–Crippen MR) is 88.4 cm³/mol. The van der Waals surface area contributed by atoms with Crippen molar-refractivity contribution < 1.29 is 4.74 Å². The summed E-state index contributed by atoms with van der Waals surface area (Å²) >= 11 is 0. The highest BCUT2D eigenvalue weighted by atomic mass is 16.5. The monoisotopic (exact) mass is 310 g/mol. The first-order chi connectivity index (χ1) is 11.3. The molecule has 1 aliphatic heterocycles. The number of nitrogens with zero attached hydrogens (tertiary/aromatic N) is 4. The number of hydrogen-bond donors (Lipinski definition) is 0. The van der Waals surface area contributed by atoms with Crippen molar-refractivity contribution in [1.82, 2.24) is 15.0 Å². The third kappa shape index (κ3) is 3.50.